The minimum absolute atomic E-state index is 0.0591. The average molecular weight is 322 g/mol. The van der Waals surface area contributed by atoms with E-state index in [1.54, 1.807) is 6.92 Å². The molecule has 1 N–H and O–H groups in total. The lowest BCUT2D eigenvalue weighted by molar-refractivity contribution is -0.142. The number of halogens is 4. The fourth-order valence-electron chi connectivity index (χ4n) is 1.30. The van der Waals surface area contributed by atoms with E-state index >= 15 is 0 Å². The SMILES string of the molecule is CC=CC(=O)OCC(=O)Nc1cc(C(F)(F)F)ccc1Cl. The minimum atomic E-state index is -4.55. The van der Waals surface area contributed by atoms with Crippen LogP contribution in [0.15, 0.2) is 30.4 Å². The van der Waals surface area contributed by atoms with E-state index in [4.69, 9.17) is 11.6 Å². The molecule has 1 rings (SSSR count). The number of alkyl halides is 3. The molecule has 4 nitrogen and oxygen atoms in total. The molecule has 21 heavy (non-hydrogen) atoms. The Kier molecular flexibility index (Phi) is 5.78. The van der Waals surface area contributed by atoms with Gasteiger partial charge < -0.3 is 10.1 Å². The van der Waals surface area contributed by atoms with E-state index in [2.05, 4.69) is 10.1 Å². The Morgan fingerprint density at radius 2 is 2.05 bits per heavy atom. The summed E-state index contributed by atoms with van der Waals surface area (Å²) < 4.78 is 42.2. The number of benzene rings is 1. The molecule has 0 heterocycles. The third-order valence-electron chi connectivity index (χ3n) is 2.22. The predicted octanol–water partition coefficient (Wildman–Crippen LogP) is 3.42. The molecule has 1 amide bonds. The van der Waals surface area contributed by atoms with Gasteiger partial charge in [-0.15, -0.1) is 0 Å². The number of nitrogens with one attached hydrogen (secondary N) is 1. The first kappa shape index (κ1) is 17.0. The number of rotatable bonds is 4. The second kappa shape index (κ2) is 7.12. The summed E-state index contributed by atoms with van der Waals surface area (Å²) in [6.45, 7) is 0.958. The van der Waals surface area contributed by atoms with Crippen molar-refractivity contribution in [2.24, 2.45) is 0 Å². The number of esters is 1. The second-order valence-corrected chi connectivity index (χ2v) is 4.26. The van der Waals surface area contributed by atoms with Crippen LogP contribution < -0.4 is 5.32 Å². The number of ether oxygens (including phenoxy) is 1. The zero-order valence-electron chi connectivity index (χ0n) is 10.8. The molecular formula is C13H11ClF3NO3. The van der Waals surface area contributed by atoms with Crippen LogP contribution in [0.4, 0.5) is 18.9 Å². The van der Waals surface area contributed by atoms with E-state index in [9.17, 15) is 22.8 Å². The van der Waals surface area contributed by atoms with Gasteiger partial charge in [-0.2, -0.15) is 13.2 Å². The van der Waals surface area contributed by atoms with Crippen molar-refractivity contribution in [2.75, 3.05) is 11.9 Å². The van der Waals surface area contributed by atoms with Gasteiger partial charge in [0.1, 0.15) is 0 Å². The number of amides is 1. The molecule has 0 aliphatic rings. The van der Waals surface area contributed by atoms with Crippen LogP contribution >= 0.6 is 11.6 Å². The highest BCUT2D eigenvalue weighted by atomic mass is 35.5. The van der Waals surface area contributed by atoms with Gasteiger partial charge in [0, 0.05) is 6.08 Å². The summed E-state index contributed by atoms with van der Waals surface area (Å²) in [5, 5.41) is 2.09. The van der Waals surface area contributed by atoms with Crippen molar-refractivity contribution in [3.8, 4) is 0 Å². The standard InChI is InChI=1S/C13H11ClF3NO3/c1-2-3-12(20)21-7-11(19)18-10-6-8(13(15,16)17)4-5-9(10)14/h2-6H,7H2,1H3,(H,18,19). The summed E-state index contributed by atoms with van der Waals surface area (Å²) in [6.07, 6.45) is -2.03. The lowest BCUT2D eigenvalue weighted by Crippen LogP contribution is -2.20. The zero-order chi connectivity index (χ0) is 16.0. The predicted molar refractivity (Wildman–Crippen MR) is 70.9 cm³/mol. The Morgan fingerprint density at radius 3 is 2.62 bits per heavy atom. The molecule has 0 saturated carbocycles. The molecule has 0 saturated heterocycles. The molecule has 0 spiro atoms. The number of carbonyl (C=O) groups excluding carboxylic acids is 2. The van der Waals surface area contributed by atoms with Crippen molar-refractivity contribution >= 4 is 29.2 Å². The first-order valence-electron chi connectivity index (χ1n) is 5.70. The molecule has 0 unspecified atom stereocenters. The topological polar surface area (TPSA) is 55.4 Å². The quantitative estimate of drug-likeness (QED) is 0.683. The Morgan fingerprint density at radius 1 is 1.38 bits per heavy atom. The molecule has 0 aliphatic carbocycles. The largest absolute Gasteiger partial charge is 0.452 e. The van der Waals surface area contributed by atoms with Gasteiger partial charge in [0.2, 0.25) is 0 Å². The van der Waals surface area contributed by atoms with E-state index < -0.39 is 30.2 Å². The molecule has 114 valence electrons. The van der Waals surface area contributed by atoms with Crippen molar-refractivity contribution in [1.29, 1.82) is 0 Å². The van der Waals surface area contributed by atoms with Gasteiger partial charge in [0.15, 0.2) is 6.61 Å². The summed E-state index contributed by atoms with van der Waals surface area (Å²) in [5.41, 5.74) is -1.16. The monoisotopic (exact) mass is 321 g/mol. The second-order valence-electron chi connectivity index (χ2n) is 3.85. The fourth-order valence-corrected chi connectivity index (χ4v) is 1.47. The third-order valence-corrected chi connectivity index (χ3v) is 2.55. The van der Waals surface area contributed by atoms with Crippen LogP contribution in [-0.4, -0.2) is 18.5 Å². The summed E-state index contributed by atoms with van der Waals surface area (Å²) in [4.78, 5) is 22.5. The Labute approximate surface area is 123 Å². The van der Waals surface area contributed by atoms with E-state index in [0.717, 1.165) is 18.2 Å². The fraction of sp³-hybridized carbons (Fsp3) is 0.231. The van der Waals surface area contributed by atoms with Gasteiger partial charge in [0.25, 0.3) is 5.91 Å². The lowest BCUT2D eigenvalue weighted by atomic mass is 10.2. The van der Waals surface area contributed by atoms with Crippen molar-refractivity contribution in [3.63, 3.8) is 0 Å². The molecule has 0 bridgehead atoms. The summed E-state index contributed by atoms with van der Waals surface area (Å²) in [6, 6.07) is 2.52. The minimum Gasteiger partial charge on any atom is -0.452 e. The van der Waals surface area contributed by atoms with Crippen LogP contribution in [-0.2, 0) is 20.5 Å². The normalized spacial score (nSPS) is 11.5. The molecule has 0 aliphatic heterocycles. The number of carbonyl (C=O) groups is 2. The highest BCUT2D eigenvalue weighted by Crippen LogP contribution is 2.33. The molecule has 0 radical (unpaired) electrons. The third kappa shape index (κ3) is 5.47. The Hall–Kier alpha value is -2.02. The highest BCUT2D eigenvalue weighted by Gasteiger charge is 2.31. The maximum atomic E-state index is 12.5. The van der Waals surface area contributed by atoms with E-state index in [1.165, 1.54) is 6.08 Å². The van der Waals surface area contributed by atoms with Crippen LogP contribution in [0.5, 0.6) is 0 Å². The maximum absolute atomic E-state index is 12.5. The van der Waals surface area contributed by atoms with Crippen molar-refractivity contribution < 1.29 is 27.5 Å². The zero-order valence-corrected chi connectivity index (χ0v) is 11.6. The van der Waals surface area contributed by atoms with Crippen LogP contribution in [0.3, 0.4) is 0 Å². The van der Waals surface area contributed by atoms with Gasteiger partial charge in [-0.05, 0) is 25.1 Å². The number of hydrogen-bond acceptors (Lipinski definition) is 3. The van der Waals surface area contributed by atoms with Gasteiger partial charge in [-0.1, -0.05) is 17.7 Å². The van der Waals surface area contributed by atoms with E-state index in [1.807, 2.05) is 0 Å². The smallest absolute Gasteiger partial charge is 0.416 e. The number of allylic oxidation sites excluding steroid dienone is 1. The average Bonchev–Trinajstić information content (AvgIpc) is 2.38. The van der Waals surface area contributed by atoms with Crippen LogP contribution in [0, 0.1) is 0 Å². The lowest BCUT2D eigenvalue weighted by Gasteiger charge is -2.11. The van der Waals surface area contributed by atoms with Gasteiger partial charge in [-0.25, -0.2) is 4.79 Å². The molecule has 0 fully saturated rings. The summed E-state index contributed by atoms with van der Waals surface area (Å²) >= 11 is 5.70. The molecule has 1 aromatic rings. The highest BCUT2D eigenvalue weighted by molar-refractivity contribution is 6.33. The number of anilines is 1. The van der Waals surface area contributed by atoms with E-state index in [0.29, 0.717) is 6.07 Å². The van der Waals surface area contributed by atoms with Crippen LogP contribution in [0.2, 0.25) is 5.02 Å². The van der Waals surface area contributed by atoms with Crippen molar-refractivity contribution in [1.82, 2.24) is 0 Å². The molecular weight excluding hydrogens is 311 g/mol. The van der Waals surface area contributed by atoms with Crippen molar-refractivity contribution in [3.05, 3.63) is 40.9 Å². The van der Waals surface area contributed by atoms with Crippen LogP contribution in [0.25, 0.3) is 0 Å². The van der Waals surface area contributed by atoms with Gasteiger partial charge >= 0.3 is 12.1 Å². The van der Waals surface area contributed by atoms with Gasteiger partial charge in [-0.3, -0.25) is 4.79 Å². The van der Waals surface area contributed by atoms with Gasteiger partial charge in [0.05, 0.1) is 16.3 Å². The number of hydrogen-bond donors (Lipinski definition) is 1. The maximum Gasteiger partial charge on any atom is 0.416 e. The molecule has 0 aromatic heterocycles. The summed E-state index contributed by atoms with van der Waals surface area (Å²) in [7, 11) is 0. The first-order chi connectivity index (χ1) is 9.74. The summed E-state index contributed by atoms with van der Waals surface area (Å²) in [5.74, 6) is -1.53. The molecule has 8 heteroatoms. The van der Waals surface area contributed by atoms with Crippen molar-refractivity contribution in [2.45, 2.75) is 13.1 Å². The Balaban J connectivity index is 2.74. The molecule has 1 aromatic carbocycles. The van der Waals surface area contributed by atoms with Crippen LogP contribution in [0.1, 0.15) is 12.5 Å². The molecule has 0 atom stereocenters. The van der Waals surface area contributed by atoms with E-state index in [-0.39, 0.29) is 10.7 Å². The first-order valence-corrected chi connectivity index (χ1v) is 6.08. The Bertz CT molecular complexity index is 570.